The second-order valence-electron chi connectivity index (χ2n) is 9.66. The number of ether oxygens (including phenoxy) is 8. The second kappa shape index (κ2) is 15.7. The Balaban J connectivity index is 1.89. The summed E-state index contributed by atoms with van der Waals surface area (Å²) in [6, 6.07) is 26.1. The van der Waals surface area contributed by atoms with E-state index in [0.29, 0.717) is 22.8 Å². The average molecular weight is 603 g/mol. The Kier molecular flexibility index (Phi) is 11.5. The van der Waals surface area contributed by atoms with E-state index in [1.807, 2.05) is 60.7 Å². The van der Waals surface area contributed by atoms with Crippen molar-refractivity contribution in [1.82, 2.24) is 0 Å². The Morgan fingerprint density at radius 2 is 1.14 bits per heavy atom. The number of carbonyl (C=O) groups is 1. The fourth-order valence-electron chi connectivity index (χ4n) is 4.89. The number of methoxy groups -OCH3 is 6. The predicted octanol–water partition coefficient (Wildman–Crippen LogP) is 6.46. The molecule has 0 bridgehead atoms. The van der Waals surface area contributed by atoms with Crippen molar-refractivity contribution in [2.45, 2.75) is 25.4 Å². The molecular formula is C35H38O9. The molecule has 1 unspecified atom stereocenters. The maximum absolute atomic E-state index is 14.8. The predicted molar refractivity (Wildman–Crippen MR) is 166 cm³/mol. The molecule has 0 fully saturated rings. The van der Waals surface area contributed by atoms with E-state index in [1.165, 1.54) is 35.5 Å². The monoisotopic (exact) mass is 602 g/mol. The zero-order chi connectivity index (χ0) is 31.5. The highest BCUT2D eigenvalue weighted by Crippen LogP contribution is 2.48. The first-order valence-corrected chi connectivity index (χ1v) is 13.9. The van der Waals surface area contributed by atoms with Gasteiger partial charge in [0.05, 0.1) is 34.4 Å². The molecule has 0 radical (unpaired) electrons. The molecule has 0 amide bonds. The molecule has 0 saturated heterocycles. The highest BCUT2D eigenvalue weighted by atomic mass is 16.7. The fraction of sp³-hybridized carbons (Fsp3) is 0.286. The zero-order valence-corrected chi connectivity index (χ0v) is 25.8. The summed E-state index contributed by atoms with van der Waals surface area (Å²) in [7, 11) is 9.01. The molecule has 232 valence electrons. The van der Waals surface area contributed by atoms with Crippen LogP contribution in [0, 0.1) is 0 Å². The lowest BCUT2D eigenvalue weighted by molar-refractivity contribution is -0.110. The SMILES string of the molecule is COc1ccc(C(C(=O)c2c(OCc3ccccc3)cc(OC)c(OCc3ccccc3)c2OC)C(OC)OC)cc1OC. The Morgan fingerprint density at radius 3 is 1.66 bits per heavy atom. The second-order valence-corrected chi connectivity index (χ2v) is 9.66. The maximum atomic E-state index is 14.8. The minimum atomic E-state index is -0.969. The topological polar surface area (TPSA) is 90.9 Å². The third-order valence-corrected chi connectivity index (χ3v) is 7.09. The molecule has 0 heterocycles. The maximum Gasteiger partial charge on any atom is 0.204 e. The largest absolute Gasteiger partial charge is 0.493 e. The summed E-state index contributed by atoms with van der Waals surface area (Å²) in [4.78, 5) is 14.8. The number of Topliss-reactive ketones (excluding diaryl/α,β-unsaturated/α-hetero) is 1. The van der Waals surface area contributed by atoms with Crippen molar-refractivity contribution in [2.24, 2.45) is 0 Å². The first kappa shape index (κ1) is 32.2. The highest BCUT2D eigenvalue weighted by Gasteiger charge is 2.37. The summed E-state index contributed by atoms with van der Waals surface area (Å²) in [6.45, 7) is 0.403. The molecule has 4 aromatic carbocycles. The third kappa shape index (κ3) is 7.24. The van der Waals surface area contributed by atoms with E-state index in [1.54, 1.807) is 31.4 Å². The standard InChI is InChI=1S/C35H38O9/c1-37-26-18-17-25(19-27(26)38-2)30(35(41-5)42-6)32(36)31-28(43-21-23-13-9-7-10-14-23)20-29(39-3)33(34(31)40-4)44-22-24-15-11-8-12-16-24/h7-20,30,35H,21-22H2,1-6H3. The van der Waals surface area contributed by atoms with Crippen molar-refractivity contribution in [1.29, 1.82) is 0 Å². The summed E-state index contributed by atoms with van der Waals surface area (Å²) < 4.78 is 46.4. The zero-order valence-electron chi connectivity index (χ0n) is 25.8. The van der Waals surface area contributed by atoms with Crippen LogP contribution >= 0.6 is 0 Å². The first-order valence-electron chi connectivity index (χ1n) is 13.9. The van der Waals surface area contributed by atoms with E-state index >= 15 is 0 Å². The van der Waals surface area contributed by atoms with Gasteiger partial charge in [-0.1, -0.05) is 66.7 Å². The van der Waals surface area contributed by atoms with Gasteiger partial charge < -0.3 is 37.9 Å². The number of carbonyl (C=O) groups excluding carboxylic acids is 1. The van der Waals surface area contributed by atoms with Crippen LogP contribution in [-0.2, 0) is 22.7 Å². The minimum Gasteiger partial charge on any atom is -0.493 e. The number of rotatable bonds is 16. The van der Waals surface area contributed by atoms with Gasteiger partial charge in [0, 0.05) is 20.3 Å². The van der Waals surface area contributed by atoms with E-state index < -0.39 is 18.0 Å². The molecule has 0 N–H and O–H groups in total. The van der Waals surface area contributed by atoms with Crippen LogP contribution in [-0.4, -0.2) is 54.7 Å². The van der Waals surface area contributed by atoms with Crippen LogP contribution in [0.5, 0.6) is 34.5 Å². The van der Waals surface area contributed by atoms with Crippen LogP contribution in [0.4, 0.5) is 0 Å². The number of benzene rings is 4. The summed E-state index contributed by atoms with van der Waals surface area (Å²) in [5.41, 5.74) is 2.55. The van der Waals surface area contributed by atoms with Crippen molar-refractivity contribution in [3.63, 3.8) is 0 Å². The van der Waals surface area contributed by atoms with E-state index in [0.717, 1.165) is 11.1 Å². The molecule has 44 heavy (non-hydrogen) atoms. The lowest BCUT2D eigenvalue weighted by atomic mass is 9.88. The molecule has 0 aliphatic rings. The van der Waals surface area contributed by atoms with Crippen LogP contribution in [0.3, 0.4) is 0 Å². The van der Waals surface area contributed by atoms with Gasteiger partial charge in [0.25, 0.3) is 0 Å². The normalized spacial score (nSPS) is 11.5. The van der Waals surface area contributed by atoms with Gasteiger partial charge >= 0.3 is 0 Å². The van der Waals surface area contributed by atoms with Crippen LogP contribution in [0.15, 0.2) is 84.9 Å². The van der Waals surface area contributed by atoms with Crippen molar-refractivity contribution in [3.8, 4) is 34.5 Å². The quantitative estimate of drug-likeness (QED) is 0.106. The molecule has 0 aromatic heterocycles. The molecule has 0 aliphatic carbocycles. The lowest BCUT2D eigenvalue weighted by Crippen LogP contribution is -2.30. The van der Waals surface area contributed by atoms with Gasteiger partial charge in [-0.05, 0) is 28.8 Å². The summed E-state index contributed by atoms with van der Waals surface area (Å²) in [5, 5.41) is 0. The Hall–Kier alpha value is -4.73. The van der Waals surface area contributed by atoms with Gasteiger partial charge in [-0.15, -0.1) is 0 Å². The van der Waals surface area contributed by atoms with Gasteiger partial charge in [-0.2, -0.15) is 0 Å². The van der Waals surface area contributed by atoms with Gasteiger partial charge in [0.2, 0.25) is 5.75 Å². The van der Waals surface area contributed by atoms with Gasteiger partial charge in [-0.25, -0.2) is 0 Å². The summed E-state index contributed by atoms with van der Waals surface area (Å²) >= 11 is 0. The smallest absolute Gasteiger partial charge is 0.204 e. The van der Waals surface area contributed by atoms with Crippen molar-refractivity contribution in [2.75, 3.05) is 42.7 Å². The lowest BCUT2D eigenvalue weighted by Gasteiger charge is -2.27. The third-order valence-electron chi connectivity index (χ3n) is 7.09. The molecule has 0 spiro atoms. The Bertz CT molecular complexity index is 1500. The van der Waals surface area contributed by atoms with Crippen LogP contribution in [0.25, 0.3) is 0 Å². The van der Waals surface area contributed by atoms with Crippen LogP contribution in [0.2, 0.25) is 0 Å². The number of hydrogen-bond acceptors (Lipinski definition) is 9. The number of hydrogen-bond donors (Lipinski definition) is 0. The first-order chi connectivity index (χ1) is 21.5. The molecule has 9 heteroatoms. The fourth-order valence-corrected chi connectivity index (χ4v) is 4.89. The van der Waals surface area contributed by atoms with Crippen molar-refractivity contribution < 1.29 is 42.7 Å². The number of ketones is 1. The van der Waals surface area contributed by atoms with Crippen LogP contribution in [0.1, 0.15) is 33.0 Å². The molecule has 1 atom stereocenters. The minimum absolute atomic E-state index is 0.145. The van der Waals surface area contributed by atoms with Gasteiger partial charge in [0.1, 0.15) is 24.5 Å². The van der Waals surface area contributed by atoms with Crippen LogP contribution < -0.4 is 28.4 Å². The highest BCUT2D eigenvalue weighted by molar-refractivity contribution is 6.07. The Morgan fingerprint density at radius 1 is 0.568 bits per heavy atom. The average Bonchev–Trinajstić information content (AvgIpc) is 3.08. The molecule has 0 saturated carbocycles. The van der Waals surface area contributed by atoms with Gasteiger partial charge in [0.15, 0.2) is 35.1 Å². The molecule has 4 rings (SSSR count). The Labute approximate surface area is 258 Å². The summed E-state index contributed by atoms with van der Waals surface area (Å²) in [6.07, 6.45) is -0.969. The molecular weight excluding hydrogens is 564 g/mol. The molecule has 0 aliphatic heterocycles. The van der Waals surface area contributed by atoms with E-state index in [2.05, 4.69) is 0 Å². The molecule has 9 nitrogen and oxygen atoms in total. The van der Waals surface area contributed by atoms with Gasteiger partial charge in [-0.3, -0.25) is 4.79 Å². The van der Waals surface area contributed by atoms with E-state index in [-0.39, 0.29) is 36.0 Å². The summed E-state index contributed by atoms with van der Waals surface area (Å²) in [5.74, 6) is 0.607. The van der Waals surface area contributed by atoms with E-state index in [4.69, 9.17) is 37.9 Å². The van der Waals surface area contributed by atoms with E-state index in [9.17, 15) is 4.79 Å². The molecule has 4 aromatic rings. The van der Waals surface area contributed by atoms with Crippen molar-refractivity contribution >= 4 is 5.78 Å². The van der Waals surface area contributed by atoms with Crippen molar-refractivity contribution in [3.05, 3.63) is 107 Å².